The van der Waals surface area contributed by atoms with Crippen LogP contribution >= 0.6 is 0 Å². The number of methoxy groups -OCH3 is 1. The van der Waals surface area contributed by atoms with Crippen molar-refractivity contribution >= 4 is 11.7 Å². The van der Waals surface area contributed by atoms with Crippen molar-refractivity contribution in [3.05, 3.63) is 47.9 Å². The third kappa shape index (κ3) is 4.50. The van der Waals surface area contributed by atoms with Gasteiger partial charge in [-0.15, -0.1) is 0 Å². The lowest BCUT2D eigenvalue weighted by Gasteiger charge is -2.31. The lowest BCUT2D eigenvalue weighted by atomic mass is 9.96. The molecule has 1 aliphatic heterocycles. The Balaban J connectivity index is 1.46. The number of amides is 1. The van der Waals surface area contributed by atoms with E-state index in [9.17, 15) is 4.79 Å². The number of aryl methyl sites for hydroxylation is 1. The van der Waals surface area contributed by atoms with E-state index in [-0.39, 0.29) is 11.8 Å². The van der Waals surface area contributed by atoms with Gasteiger partial charge >= 0.3 is 0 Å². The summed E-state index contributed by atoms with van der Waals surface area (Å²) in [5.74, 6) is 1.98. The minimum absolute atomic E-state index is 0.0716. The van der Waals surface area contributed by atoms with Gasteiger partial charge in [0.15, 0.2) is 0 Å². The van der Waals surface area contributed by atoms with Gasteiger partial charge in [0.1, 0.15) is 11.6 Å². The average Bonchev–Trinajstić information content (AvgIpc) is 2.69. The molecule has 138 valence electrons. The maximum atomic E-state index is 12.5. The number of anilines is 1. The zero-order valence-electron chi connectivity index (χ0n) is 15.4. The fourth-order valence-electron chi connectivity index (χ4n) is 3.39. The summed E-state index contributed by atoms with van der Waals surface area (Å²) in [4.78, 5) is 23.1. The molecule has 0 atom stereocenters. The number of carbonyl (C=O) groups excluding carboxylic acids is 1. The first-order valence-corrected chi connectivity index (χ1v) is 9.09. The van der Waals surface area contributed by atoms with Crippen LogP contribution in [0.5, 0.6) is 5.75 Å². The first-order chi connectivity index (χ1) is 12.7. The predicted molar refractivity (Wildman–Crippen MR) is 101 cm³/mol. The zero-order chi connectivity index (χ0) is 18.4. The molecule has 3 rings (SSSR count). The van der Waals surface area contributed by atoms with Crippen LogP contribution in [-0.4, -0.2) is 42.6 Å². The van der Waals surface area contributed by atoms with Crippen LogP contribution in [0.25, 0.3) is 0 Å². The molecule has 1 fully saturated rings. The van der Waals surface area contributed by atoms with Crippen LogP contribution in [0, 0.1) is 12.8 Å². The monoisotopic (exact) mass is 354 g/mol. The van der Waals surface area contributed by atoms with Gasteiger partial charge in [-0.25, -0.2) is 4.98 Å². The minimum atomic E-state index is 0.0716. The van der Waals surface area contributed by atoms with Gasteiger partial charge in [-0.3, -0.25) is 9.78 Å². The van der Waals surface area contributed by atoms with E-state index >= 15 is 0 Å². The van der Waals surface area contributed by atoms with Crippen LogP contribution in [0.15, 0.2) is 36.8 Å². The number of benzene rings is 1. The summed E-state index contributed by atoms with van der Waals surface area (Å²) >= 11 is 0. The van der Waals surface area contributed by atoms with Gasteiger partial charge in [-0.1, -0.05) is 17.7 Å². The molecule has 2 heterocycles. The molecule has 0 radical (unpaired) electrons. The summed E-state index contributed by atoms with van der Waals surface area (Å²) in [5.41, 5.74) is 2.33. The number of hydrogen-bond acceptors (Lipinski definition) is 5. The summed E-state index contributed by atoms with van der Waals surface area (Å²) in [7, 11) is 1.68. The Morgan fingerprint density at radius 3 is 2.81 bits per heavy atom. The summed E-state index contributed by atoms with van der Waals surface area (Å²) in [6.45, 7) is 4.36. The standard InChI is InChI=1S/C20H26N4O2/c1-15-3-4-18(26-2)17(13-15)5-8-23-20(25)16-6-11-24(12-7-16)19-14-21-9-10-22-19/h3-4,9-10,13-14,16H,5-8,11-12H2,1-2H3,(H,23,25). The number of ether oxygens (including phenoxy) is 1. The van der Waals surface area contributed by atoms with Gasteiger partial charge in [-0.2, -0.15) is 0 Å². The van der Waals surface area contributed by atoms with Crippen molar-refractivity contribution in [1.29, 1.82) is 0 Å². The van der Waals surface area contributed by atoms with Crippen LogP contribution in [0.4, 0.5) is 5.82 Å². The van der Waals surface area contributed by atoms with Crippen LogP contribution in [-0.2, 0) is 11.2 Å². The second kappa shape index (κ2) is 8.65. The van der Waals surface area contributed by atoms with Crippen molar-refractivity contribution in [3.8, 4) is 5.75 Å². The molecule has 0 aliphatic carbocycles. The molecule has 1 aliphatic rings. The maximum absolute atomic E-state index is 12.5. The Labute approximate surface area is 154 Å². The highest BCUT2D eigenvalue weighted by Crippen LogP contribution is 2.22. The normalized spacial score (nSPS) is 14.9. The lowest BCUT2D eigenvalue weighted by molar-refractivity contribution is -0.125. The molecule has 0 spiro atoms. The Morgan fingerprint density at radius 2 is 2.12 bits per heavy atom. The molecular weight excluding hydrogens is 328 g/mol. The summed E-state index contributed by atoms with van der Waals surface area (Å²) in [6.07, 6.45) is 7.61. The maximum Gasteiger partial charge on any atom is 0.223 e. The molecule has 2 aromatic rings. The van der Waals surface area contributed by atoms with E-state index in [1.165, 1.54) is 5.56 Å². The molecule has 1 N–H and O–H groups in total. The number of aromatic nitrogens is 2. The SMILES string of the molecule is COc1ccc(C)cc1CCNC(=O)C1CCN(c2cnccn2)CC1. The number of carbonyl (C=O) groups is 1. The number of piperidine rings is 1. The smallest absolute Gasteiger partial charge is 0.223 e. The fraction of sp³-hybridized carbons (Fsp3) is 0.450. The Bertz CT molecular complexity index is 728. The molecular formula is C20H26N4O2. The van der Waals surface area contributed by atoms with Crippen molar-refractivity contribution in [2.45, 2.75) is 26.2 Å². The summed E-state index contributed by atoms with van der Waals surface area (Å²) in [6, 6.07) is 6.13. The van der Waals surface area contributed by atoms with Crippen LogP contribution in [0.3, 0.4) is 0 Å². The van der Waals surface area contributed by atoms with Gasteiger partial charge in [0.2, 0.25) is 5.91 Å². The zero-order valence-corrected chi connectivity index (χ0v) is 15.4. The van der Waals surface area contributed by atoms with Crippen LogP contribution in [0.2, 0.25) is 0 Å². The Hall–Kier alpha value is -2.63. The average molecular weight is 354 g/mol. The van der Waals surface area contributed by atoms with Gasteiger partial charge in [-0.05, 0) is 37.8 Å². The molecule has 0 saturated carbocycles. The van der Waals surface area contributed by atoms with Crippen molar-refractivity contribution in [2.24, 2.45) is 5.92 Å². The molecule has 1 aromatic heterocycles. The molecule has 6 nitrogen and oxygen atoms in total. The van der Waals surface area contributed by atoms with Crippen LogP contribution in [0.1, 0.15) is 24.0 Å². The fourth-order valence-corrected chi connectivity index (χ4v) is 3.39. The van der Waals surface area contributed by atoms with Crippen molar-refractivity contribution in [2.75, 3.05) is 31.6 Å². The van der Waals surface area contributed by atoms with E-state index in [1.807, 2.05) is 12.1 Å². The van der Waals surface area contributed by atoms with E-state index < -0.39 is 0 Å². The van der Waals surface area contributed by atoms with Gasteiger partial charge < -0.3 is 15.0 Å². The Kier molecular flexibility index (Phi) is 6.04. The third-order valence-corrected chi connectivity index (χ3v) is 4.87. The highest BCUT2D eigenvalue weighted by Gasteiger charge is 2.25. The highest BCUT2D eigenvalue weighted by molar-refractivity contribution is 5.79. The van der Waals surface area contributed by atoms with E-state index in [0.717, 1.165) is 49.5 Å². The van der Waals surface area contributed by atoms with E-state index in [4.69, 9.17) is 4.74 Å². The number of nitrogens with one attached hydrogen (secondary N) is 1. The molecule has 1 amide bonds. The number of nitrogens with zero attached hydrogens (tertiary/aromatic N) is 3. The highest BCUT2D eigenvalue weighted by atomic mass is 16.5. The second-order valence-electron chi connectivity index (χ2n) is 6.68. The van der Waals surface area contributed by atoms with E-state index in [2.05, 4.69) is 33.2 Å². The van der Waals surface area contributed by atoms with Crippen LogP contribution < -0.4 is 15.0 Å². The molecule has 26 heavy (non-hydrogen) atoms. The predicted octanol–water partition coefficient (Wildman–Crippen LogP) is 2.37. The van der Waals surface area contributed by atoms with Gasteiger partial charge in [0.25, 0.3) is 0 Å². The first kappa shape index (κ1) is 18.2. The molecule has 6 heteroatoms. The van der Waals surface area contributed by atoms with Crippen molar-refractivity contribution in [3.63, 3.8) is 0 Å². The van der Waals surface area contributed by atoms with Crippen molar-refractivity contribution < 1.29 is 9.53 Å². The largest absolute Gasteiger partial charge is 0.496 e. The molecule has 1 saturated heterocycles. The van der Waals surface area contributed by atoms with Crippen molar-refractivity contribution in [1.82, 2.24) is 15.3 Å². The Morgan fingerprint density at radius 1 is 1.31 bits per heavy atom. The number of hydrogen-bond donors (Lipinski definition) is 1. The molecule has 1 aromatic carbocycles. The minimum Gasteiger partial charge on any atom is -0.496 e. The molecule has 0 bridgehead atoms. The quantitative estimate of drug-likeness (QED) is 0.863. The van der Waals surface area contributed by atoms with Gasteiger partial charge in [0.05, 0.1) is 13.3 Å². The van der Waals surface area contributed by atoms with Gasteiger partial charge in [0, 0.05) is 37.9 Å². The number of rotatable bonds is 6. The summed E-state index contributed by atoms with van der Waals surface area (Å²) < 4.78 is 5.40. The molecule has 0 unspecified atom stereocenters. The summed E-state index contributed by atoms with van der Waals surface area (Å²) in [5, 5.41) is 3.09. The second-order valence-corrected chi connectivity index (χ2v) is 6.68. The van der Waals surface area contributed by atoms with E-state index in [1.54, 1.807) is 25.7 Å². The topological polar surface area (TPSA) is 67.3 Å². The first-order valence-electron chi connectivity index (χ1n) is 9.09. The third-order valence-electron chi connectivity index (χ3n) is 4.87. The van der Waals surface area contributed by atoms with E-state index in [0.29, 0.717) is 6.54 Å². The lowest BCUT2D eigenvalue weighted by Crippen LogP contribution is -2.41.